The first-order valence-corrected chi connectivity index (χ1v) is 11.6. The summed E-state index contributed by atoms with van der Waals surface area (Å²) in [6.45, 7) is 13.6. The number of pyridine rings is 1. The van der Waals surface area contributed by atoms with Crippen molar-refractivity contribution in [1.29, 1.82) is 5.26 Å². The first kappa shape index (κ1) is 29.6. The number of benzene rings is 3. The van der Waals surface area contributed by atoms with Crippen molar-refractivity contribution in [3.63, 3.8) is 0 Å². The third-order valence-corrected chi connectivity index (χ3v) is 5.92. The Balaban J connectivity index is 0.000000457. The first-order chi connectivity index (χ1) is 17.4. The second kappa shape index (κ2) is 14.2. The number of hydrogen-bond acceptors (Lipinski definition) is 5. The minimum Gasteiger partial charge on any atom is -0.398 e. The van der Waals surface area contributed by atoms with Crippen LogP contribution in [0.25, 0.3) is 10.9 Å². The SMILES string of the molecule is N#Cc1cc[c-]cc1.[CH2-]CN(C[CH2-])Cc1ccccc1C(=O)Nc1ccc2nc(C)c(C)c(N)c2c1.[Li+]. The average Bonchev–Trinajstić information content (AvgIpc) is 2.91. The van der Waals surface area contributed by atoms with Crippen molar-refractivity contribution in [3.05, 3.63) is 115 Å². The number of fused-ring (bicyclic) bond motifs is 1. The molecule has 1 amide bonds. The summed E-state index contributed by atoms with van der Waals surface area (Å²) in [6.07, 6.45) is 0. The average molecular weight is 484 g/mol. The van der Waals surface area contributed by atoms with E-state index in [-0.39, 0.29) is 24.8 Å². The Hall–Kier alpha value is -3.61. The van der Waals surface area contributed by atoms with Gasteiger partial charge in [-0.2, -0.15) is 35.6 Å². The van der Waals surface area contributed by atoms with Gasteiger partial charge in [0.15, 0.2) is 0 Å². The topological polar surface area (TPSA) is 95.0 Å². The largest absolute Gasteiger partial charge is 1.00 e. The van der Waals surface area contributed by atoms with Crippen molar-refractivity contribution in [2.75, 3.05) is 24.1 Å². The summed E-state index contributed by atoms with van der Waals surface area (Å²) in [5.41, 5.74) is 12.6. The fourth-order valence-corrected chi connectivity index (χ4v) is 3.64. The maximum Gasteiger partial charge on any atom is 1.00 e. The molecule has 3 aromatic carbocycles. The van der Waals surface area contributed by atoms with Gasteiger partial charge in [-0.05, 0) is 49.2 Å². The third-order valence-electron chi connectivity index (χ3n) is 5.92. The molecular formula is C30H30LiN5O-2. The van der Waals surface area contributed by atoms with Crippen molar-refractivity contribution in [3.8, 4) is 6.07 Å². The zero-order valence-electron chi connectivity index (χ0n) is 21.7. The molecule has 6 nitrogen and oxygen atoms in total. The molecule has 0 spiro atoms. The molecule has 0 bridgehead atoms. The van der Waals surface area contributed by atoms with Gasteiger partial charge in [-0.3, -0.25) is 9.78 Å². The minimum absolute atomic E-state index is 0. The quantitative estimate of drug-likeness (QED) is 0.325. The summed E-state index contributed by atoms with van der Waals surface area (Å²) < 4.78 is 0. The zero-order valence-corrected chi connectivity index (χ0v) is 21.7. The number of carbonyl (C=O) groups excluding carboxylic acids is 1. The Morgan fingerprint density at radius 1 is 1.11 bits per heavy atom. The second-order valence-corrected chi connectivity index (χ2v) is 8.26. The number of nitrogens with zero attached hydrogens (tertiary/aromatic N) is 3. The van der Waals surface area contributed by atoms with Crippen LogP contribution in [-0.2, 0) is 6.54 Å². The molecule has 0 radical (unpaired) electrons. The number of hydrogen-bond donors (Lipinski definition) is 2. The van der Waals surface area contributed by atoms with Gasteiger partial charge in [-0.25, -0.2) is 0 Å². The first-order valence-electron chi connectivity index (χ1n) is 11.6. The van der Waals surface area contributed by atoms with E-state index in [1.165, 1.54) is 0 Å². The van der Waals surface area contributed by atoms with Gasteiger partial charge in [0.1, 0.15) is 0 Å². The van der Waals surface area contributed by atoms with Crippen molar-refractivity contribution in [1.82, 2.24) is 9.88 Å². The van der Waals surface area contributed by atoms with Gasteiger partial charge in [0.25, 0.3) is 5.91 Å². The van der Waals surface area contributed by atoms with Crippen LogP contribution in [-0.4, -0.2) is 28.9 Å². The van der Waals surface area contributed by atoms with Crippen LogP contribution in [0.3, 0.4) is 0 Å². The molecule has 1 aromatic heterocycles. The number of aryl methyl sites for hydroxylation is 1. The summed E-state index contributed by atoms with van der Waals surface area (Å²) in [5.74, 6) is -0.154. The summed E-state index contributed by atoms with van der Waals surface area (Å²) in [5, 5.41) is 12.1. The van der Waals surface area contributed by atoms with Gasteiger partial charge in [-0.15, -0.1) is 13.1 Å². The molecule has 0 unspecified atom stereocenters. The molecule has 0 saturated heterocycles. The fraction of sp³-hybridized carbons (Fsp3) is 0.167. The Kier molecular flexibility index (Phi) is 11.4. The molecular weight excluding hydrogens is 453 g/mol. The van der Waals surface area contributed by atoms with Crippen molar-refractivity contribution < 1.29 is 23.7 Å². The van der Waals surface area contributed by atoms with Gasteiger partial charge in [0, 0.05) is 34.6 Å². The van der Waals surface area contributed by atoms with E-state index in [0.717, 1.165) is 27.7 Å². The number of rotatable bonds is 6. The summed E-state index contributed by atoms with van der Waals surface area (Å²) in [6, 6.07) is 24.9. The maximum atomic E-state index is 12.9. The van der Waals surface area contributed by atoms with E-state index in [2.05, 4.69) is 35.1 Å². The van der Waals surface area contributed by atoms with E-state index in [4.69, 9.17) is 11.0 Å². The Morgan fingerprint density at radius 2 is 1.78 bits per heavy atom. The number of amides is 1. The summed E-state index contributed by atoms with van der Waals surface area (Å²) >= 11 is 0. The van der Waals surface area contributed by atoms with Crippen LogP contribution in [0, 0.1) is 45.1 Å². The molecule has 4 aromatic rings. The van der Waals surface area contributed by atoms with Crippen LogP contribution in [0.1, 0.15) is 32.7 Å². The predicted octanol–water partition coefficient (Wildman–Crippen LogP) is 2.52. The van der Waals surface area contributed by atoms with E-state index in [9.17, 15) is 4.79 Å². The van der Waals surface area contributed by atoms with Gasteiger partial charge < -0.3 is 29.8 Å². The van der Waals surface area contributed by atoms with Crippen LogP contribution in [0.15, 0.2) is 66.7 Å². The van der Waals surface area contributed by atoms with Crippen molar-refractivity contribution in [2.24, 2.45) is 0 Å². The number of carbonyl (C=O) groups is 1. The number of nitrogens with one attached hydrogen (secondary N) is 1. The molecule has 7 heteroatoms. The normalized spacial score (nSPS) is 10.2. The van der Waals surface area contributed by atoms with Crippen molar-refractivity contribution in [2.45, 2.75) is 20.4 Å². The van der Waals surface area contributed by atoms with E-state index < -0.39 is 0 Å². The van der Waals surface area contributed by atoms with Crippen LogP contribution in [0.4, 0.5) is 11.4 Å². The molecule has 0 aliphatic carbocycles. The van der Waals surface area contributed by atoms with Crippen LogP contribution >= 0.6 is 0 Å². The number of nitriles is 1. The molecule has 1 heterocycles. The zero-order chi connectivity index (χ0) is 26.1. The van der Waals surface area contributed by atoms with Crippen molar-refractivity contribution >= 4 is 28.2 Å². The molecule has 184 valence electrons. The van der Waals surface area contributed by atoms with Crippen LogP contribution in [0.5, 0.6) is 0 Å². The molecule has 0 atom stereocenters. The standard InChI is InChI=1S/C23H26N4O.C7H4N.Li/c1-5-27(6-2)14-17-9-7-8-10-19(17)23(28)26-18-11-12-21-20(13-18)22(24)15(3)16(4)25-21;8-6-7-4-2-1-3-5-7;/h7-13H,1-2,5-6,14H2,3-4H3,(H2,24,25)(H,26,28);2-5H;/q-2;-1;+1. The van der Waals surface area contributed by atoms with Gasteiger partial charge >= 0.3 is 18.9 Å². The van der Waals surface area contributed by atoms with Gasteiger partial charge in [-0.1, -0.05) is 23.8 Å². The van der Waals surface area contributed by atoms with Crippen LogP contribution in [0.2, 0.25) is 0 Å². The second-order valence-electron chi connectivity index (χ2n) is 8.26. The third kappa shape index (κ3) is 7.68. The predicted molar refractivity (Wildman–Crippen MR) is 146 cm³/mol. The number of nitrogens with two attached hydrogens (primary N) is 1. The smallest absolute Gasteiger partial charge is 0.398 e. The monoisotopic (exact) mass is 483 g/mol. The van der Waals surface area contributed by atoms with Gasteiger partial charge in [0.2, 0.25) is 0 Å². The molecule has 3 N–H and O–H groups in total. The molecule has 0 aliphatic heterocycles. The van der Waals surface area contributed by atoms with E-state index >= 15 is 0 Å². The molecule has 0 saturated carbocycles. The maximum absolute atomic E-state index is 12.9. The number of aromatic nitrogens is 1. The molecule has 0 aliphatic rings. The van der Waals surface area contributed by atoms with E-state index in [1.54, 1.807) is 24.3 Å². The van der Waals surface area contributed by atoms with E-state index in [1.807, 2.05) is 62.4 Å². The number of anilines is 2. The molecule has 4 rings (SSSR count). The van der Waals surface area contributed by atoms with Crippen LogP contribution < -0.4 is 29.9 Å². The minimum atomic E-state index is -0.154. The number of nitrogen functional groups attached to an aromatic ring is 1. The molecule has 0 fully saturated rings. The summed E-state index contributed by atoms with van der Waals surface area (Å²) in [7, 11) is 0. The van der Waals surface area contributed by atoms with Gasteiger partial charge in [0.05, 0.1) is 11.6 Å². The molecule has 37 heavy (non-hydrogen) atoms. The Bertz CT molecular complexity index is 1380. The fourth-order valence-electron chi connectivity index (χ4n) is 3.64. The Morgan fingerprint density at radius 3 is 2.41 bits per heavy atom. The Labute approximate surface area is 231 Å². The van der Waals surface area contributed by atoms with E-state index in [0.29, 0.717) is 42.1 Å². The summed E-state index contributed by atoms with van der Waals surface area (Å²) in [4.78, 5) is 19.6.